The molecule has 10 heteroatoms. The first kappa shape index (κ1) is 18.4. The SMILES string of the molecule is Cc1cc(OCc2nc(-c3ccc(C(F)(F)F)cc3)no2)ccc1[N+](=O)[O-]. The van der Waals surface area contributed by atoms with Crippen molar-refractivity contribution in [1.82, 2.24) is 10.1 Å². The average molecular weight is 379 g/mol. The van der Waals surface area contributed by atoms with Crippen molar-refractivity contribution >= 4 is 5.69 Å². The average Bonchev–Trinajstić information content (AvgIpc) is 3.08. The molecule has 3 aromatic rings. The van der Waals surface area contributed by atoms with Gasteiger partial charge in [-0.15, -0.1) is 0 Å². The van der Waals surface area contributed by atoms with E-state index < -0.39 is 16.7 Å². The van der Waals surface area contributed by atoms with Gasteiger partial charge in [-0.05, 0) is 31.2 Å². The number of hydrogen-bond donors (Lipinski definition) is 0. The summed E-state index contributed by atoms with van der Waals surface area (Å²) in [4.78, 5) is 14.4. The van der Waals surface area contributed by atoms with Crippen LogP contribution in [0.5, 0.6) is 5.75 Å². The van der Waals surface area contributed by atoms with E-state index in [2.05, 4.69) is 10.1 Å². The highest BCUT2D eigenvalue weighted by Gasteiger charge is 2.30. The topological polar surface area (TPSA) is 91.3 Å². The van der Waals surface area contributed by atoms with Gasteiger partial charge in [0.05, 0.1) is 10.5 Å². The predicted molar refractivity (Wildman–Crippen MR) is 86.9 cm³/mol. The lowest BCUT2D eigenvalue weighted by Crippen LogP contribution is -2.04. The summed E-state index contributed by atoms with van der Waals surface area (Å²) < 4.78 is 48.2. The Balaban J connectivity index is 1.68. The lowest BCUT2D eigenvalue weighted by Gasteiger charge is -2.05. The largest absolute Gasteiger partial charge is 0.484 e. The maximum Gasteiger partial charge on any atom is 0.416 e. The van der Waals surface area contributed by atoms with E-state index in [0.29, 0.717) is 16.9 Å². The minimum absolute atomic E-state index is 0.0234. The van der Waals surface area contributed by atoms with Crippen molar-refractivity contribution in [1.29, 1.82) is 0 Å². The third-order valence-corrected chi connectivity index (χ3v) is 3.67. The summed E-state index contributed by atoms with van der Waals surface area (Å²) in [7, 11) is 0. The number of nitro groups is 1. The van der Waals surface area contributed by atoms with Gasteiger partial charge in [0.15, 0.2) is 6.61 Å². The van der Waals surface area contributed by atoms with Crippen molar-refractivity contribution in [2.24, 2.45) is 0 Å². The predicted octanol–water partition coefficient (Wildman–Crippen LogP) is 4.55. The number of halogens is 3. The summed E-state index contributed by atoms with van der Waals surface area (Å²) in [5, 5.41) is 14.5. The van der Waals surface area contributed by atoms with Crippen molar-refractivity contribution in [3.05, 3.63) is 69.6 Å². The van der Waals surface area contributed by atoms with E-state index in [4.69, 9.17) is 9.26 Å². The van der Waals surface area contributed by atoms with Crippen LogP contribution in [0, 0.1) is 17.0 Å². The molecule has 0 amide bonds. The fourth-order valence-corrected chi connectivity index (χ4v) is 2.31. The summed E-state index contributed by atoms with van der Waals surface area (Å²) in [5.74, 6) is 0.621. The molecule has 1 aromatic heterocycles. The first-order valence-corrected chi connectivity index (χ1v) is 7.62. The van der Waals surface area contributed by atoms with Gasteiger partial charge in [-0.3, -0.25) is 10.1 Å². The van der Waals surface area contributed by atoms with Gasteiger partial charge in [-0.1, -0.05) is 17.3 Å². The molecule has 0 saturated carbocycles. The van der Waals surface area contributed by atoms with Crippen molar-refractivity contribution in [3.63, 3.8) is 0 Å². The molecule has 0 saturated heterocycles. The maximum atomic E-state index is 12.6. The summed E-state index contributed by atoms with van der Waals surface area (Å²) >= 11 is 0. The molecular weight excluding hydrogens is 367 g/mol. The number of rotatable bonds is 5. The highest BCUT2D eigenvalue weighted by Crippen LogP contribution is 2.30. The van der Waals surface area contributed by atoms with E-state index in [1.807, 2.05) is 0 Å². The van der Waals surface area contributed by atoms with Crippen LogP contribution in [0.1, 0.15) is 17.0 Å². The standard InChI is InChI=1S/C17H12F3N3O4/c1-10-8-13(6-7-14(10)23(24)25)26-9-15-21-16(22-27-15)11-2-4-12(5-3-11)17(18,19)20/h2-8H,9H2,1H3. The Kier molecular flexibility index (Phi) is 4.80. The molecule has 7 nitrogen and oxygen atoms in total. The van der Waals surface area contributed by atoms with Crippen LogP contribution in [-0.4, -0.2) is 15.1 Å². The zero-order valence-electron chi connectivity index (χ0n) is 13.9. The van der Waals surface area contributed by atoms with E-state index >= 15 is 0 Å². The normalized spacial score (nSPS) is 11.4. The molecule has 1 heterocycles. The second kappa shape index (κ2) is 7.06. The molecule has 0 spiro atoms. The van der Waals surface area contributed by atoms with Gasteiger partial charge in [0, 0.05) is 17.2 Å². The van der Waals surface area contributed by atoms with Crippen molar-refractivity contribution in [3.8, 4) is 17.1 Å². The summed E-state index contributed by atoms with van der Waals surface area (Å²) in [6, 6.07) is 8.63. The molecule has 0 fully saturated rings. The molecule has 0 aliphatic rings. The van der Waals surface area contributed by atoms with E-state index in [1.54, 1.807) is 6.92 Å². The highest BCUT2D eigenvalue weighted by molar-refractivity contribution is 5.54. The zero-order valence-corrected chi connectivity index (χ0v) is 13.9. The quantitative estimate of drug-likeness (QED) is 0.477. The Bertz CT molecular complexity index is 968. The summed E-state index contributed by atoms with van der Waals surface area (Å²) in [5.41, 5.74) is 0.00854. The van der Waals surface area contributed by atoms with Crippen LogP contribution in [0.25, 0.3) is 11.4 Å². The van der Waals surface area contributed by atoms with Gasteiger partial charge in [0.2, 0.25) is 5.82 Å². The number of nitro benzene ring substituents is 1. The van der Waals surface area contributed by atoms with Gasteiger partial charge < -0.3 is 9.26 Å². The van der Waals surface area contributed by atoms with E-state index in [1.165, 1.54) is 30.3 Å². The smallest absolute Gasteiger partial charge is 0.416 e. The number of ether oxygens (including phenoxy) is 1. The van der Waals surface area contributed by atoms with Crippen LogP contribution in [-0.2, 0) is 12.8 Å². The van der Waals surface area contributed by atoms with Crippen LogP contribution in [0.2, 0.25) is 0 Å². The summed E-state index contributed by atoms with van der Waals surface area (Å²) in [6.07, 6.45) is -4.42. The molecule has 140 valence electrons. The number of hydrogen-bond acceptors (Lipinski definition) is 6. The van der Waals surface area contributed by atoms with E-state index in [0.717, 1.165) is 12.1 Å². The first-order chi connectivity index (χ1) is 12.7. The monoisotopic (exact) mass is 379 g/mol. The number of aromatic nitrogens is 2. The van der Waals surface area contributed by atoms with Crippen molar-refractivity contribution in [2.75, 3.05) is 0 Å². The van der Waals surface area contributed by atoms with Crippen LogP contribution < -0.4 is 4.74 Å². The minimum Gasteiger partial charge on any atom is -0.484 e. The van der Waals surface area contributed by atoms with Crippen LogP contribution >= 0.6 is 0 Å². The van der Waals surface area contributed by atoms with Crippen LogP contribution in [0.15, 0.2) is 47.0 Å². The lowest BCUT2D eigenvalue weighted by atomic mass is 10.1. The molecule has 0 aliphatic heterocycles. The number of alkyl halides is 3. The molecule has 0 radical (unpaired) electrons. The van der Waals surface area contributed by atoms with Crippen LogP contribution in [0.4, 0.5) is 18.9 Å². The third kappa shape index (κ3) is 4.22. The Morgan fingerprint density at radius 1 is 1.19 bits per heavy atom. The second-order valence-electron chi connectivity index (χ2n) is 5.58. The van der Waals surface area contributed by atoms with E-state index in [9.17, 15) is 23.3 Å². The van der Waals surface area contributed by atoms with Gasteiger partial charge >= 0.3 is 6.18 Å². The molecular formula is C17H12F3N3O4. The Hall–Kier alpha value is -3.43. The second-order valence-corrected chi connectivity index (χ2v) is 5.58. The molecule has 3 rings (SSSR count). The fraction of sp³-hybridized carbons (Fsp3) is 0.176. The van der Waals surface area contributed by atoms with Crippen LogP contribution in [0.3, 0.4) is 0 Å². The zero-order chi connectivity index (χ0) is 19.6. The molecule has 27 heavy (non-hydrogen) atoms. The maximum absolute atomic E-state index is 12.6. The van der Waals surface area contributed by atoms with Gasteiger partial charge in [-0.25, -0.2) is 0 Å². The molecule has 0 N–H and O–H groups in total. The summed E-state index contributed by atoms with van der Waals surface area (Å²) in [6.45, 7) is 1.49. The molecule has 0 bridgehead atoms. The number of benzene rings is 2. The number of aryl methyl sites for hydroxylation is 1. The molecule has 0 aliphatic carbocycles. The van der Waals surface area contributed by atoms with Gasteiger partial charge in [0.1, 0.15) is 5.75 Å². The van der Waals surface area contributed by atoms with Crippen molar-refractivity contribution < 1.29 is 27.4 Å². The van der Waals surface area contributed by atoms with E-state index in [-0.39, 0.29) is 24.0 Å². The molecule has 0 unspecified atom stereocenters. The number of nitrogens with zero attached hydrogens (tertiary/aromatic N) is 3. The van der Waals surface area contributed by atoms with Crippen molar-refractivity contribution in [2.45, 2.75) is 19.7 Å². The van der Waals surface area contributed by atoms with Gasteiger partial charge in [-0.2, -0.15) is 18.2 Å². The fourth-order valence-electron chi connectivity index (χ4n) is 2.31. The molecule has 0 atom stereocenters. The third-order valence-electron chi connectivity index (χ3n) is 3.67. The Morgan fingerprint density at radius 3 is 2.48 bits per heavy atom. The highest BCUT2D eigenvalue weighted by atomic mass is 19.4. The minimum atomic E-state index is -4.42. The lowest BCUT2D eigenvalue weighted by molar-refractivity contribution is -0.385. The van der Waals surface area contributed by atoms with Gasteiger partial charge in [0.25, 0.3) is 11.6 Å². The Labute approximate surface area is 150 Å². The first-order valence-electron chi connectivity index (χ1n) is 7.62. The Morgan fingerprint density at radius 2 is 1.89 bits per heavy atom. The molecule has 2 aromatic carbocycles.